The molecule has 0 amide bonds. The zero-order valence-corrected chi connectivity index (χ0v) is 9.99. The zero-order chi connectivity index (χ0) is 11.5. The Bertz CT molecular complexity index is 350. The van der Waals surface area contributed by atoms with Gasteiger partial charge in [0.05, 0.1) is 13.2 Å². The van der Waals surface area contributed by atoms with Gasteiger partial charge in [-0.1, -0.05) is 0 Å². The minimum Gasteiger partial charge on any atom is -0.317 e. The molecule has 1 aromatic rings. The van der Waals surface area contributed by atoms with Crippen LogP contribution in [0.5, 0.6) is 0 Å². The first kappa shape index (κ1) is 11.5. The van der Waals surface area contributed by atoms with Crippen LogP contribution in [0, 0.1) is 12.8 Å². The Morgan fingerprint density at radius 1 is 1.44 bits per heavy atom. The Labute approximate surface area is 95.5 Å². The van der Waals surface area contributed by atoms with E-state index in [1.54, 1.807) is 0 Å². The Morgan fingerprint density at radius 2 is 2.25 bits per heavy atom. The van der Waals surface area contributed by atoms with Crippen LogP contribution >= 0.6 is 0 Å². The Hall–Kier alpha value is -0.970. The van der Waals surface area contributed by atoms with Gasteiger partial charge in [-0.15, -0.1) is 10.2 Å². The molecule has 1 fully saturated rings. The first-order valence-corrected chi connectivity index (χ1v) is 5.84. The molecule has 0 saturated carbocycles. The fraction of sp³-hybridized carbons (Fsp3) is 0.818. The molecule has 4 nitrogen and oxygen atoms in total. The maximum Gasteiger partial charge on any atom is 0.146 e. The average Bonchev–Trinajstić information content (AvgIpc) is 2.61. The molecule has 1 aliphatic rings. The van der Waals surface area contributed by atoms with Crippen LogP contribution in [0.1, 0.15) is 24.5 Å². The van der Waals surface area contributed by atoms with Crippen molar-refractivity contribution in [2.24, 2.45) is 13.0 Å². The van der Waals surface area contributed by atoms with Gasteiger partial charge in [0.25, 0.3) is 0 Å². The van der Waals surface area contributed by atoms with E-state index in [1.165, 1.54) is 0 Å². The first-order valence-electron chi connectivity index (χ1n) is 5.84. The maximum absolute atomic E-state index is 12.6. The highest BCUT2D eigenvalue weighted by Gasteiger charge is 2.21. The summed E-state index contributed by atoms with van der Waals surface area (Å²) in [6.45, 7) is 4.42. The van der Waals surface area contributed by atoms with E-state index in [0.717, 1.165) is 44.1 Å². The van der Waals surface area contributed by atoms with Crippen LogP contribution in [0.25, 0.3) is 0 Å². The summed E-state index contributed by atoms with van der Waals surface area (Å²) in [5, 5.41) is 8.17. The van der Waals surface area contributed by atoms with Crippen molar-refractivity contribution >= 4 is 0 Å². The third-order valence-electron chi connectivity index (χ3n) is 3.37. The van der Waals surface area contributed by atoms with E-state index in [1.807, 2.05) is 18.5 Å². The van der Waals surface area contributed by atoms with Crippen LogP contribution in [0.2, 0.25) is 0 Å². The number of piperidine rings is 1. The van der Waals surface area contributed by atoms with Crippen molar-refractivity contribution in [3.05, 3.63) is 11.6 Å². The largest absolute Gasteiger partial charge is 0.317 e. The molecule has 16 heavy (non-hydrogen) atoms. The Balaban J connectivity index is 1.96. The van der Waals surface area contributed by atoms with Gasteiger partial charge in [-0.3, -0.25) is 9.29 Å². The summed E-state index contributed by atoms with van der Waals surface area (Å²) in [6, 6.07) is 0. The SMILES string of the molecule is Cc1nnc(CN2CCCC(CF)C2)n1C. The summed E-state index contributed by atoms with van der Waals surface area (Å²) in [7, 11) is 1.97. The zero-order valence-electron chi connectivity index (χ0n) is 9.99. The fourth-order valence-corrected chi connectivity index (χ4v) is 2.21. The summed E-state index contributed by atoms with van der Waals surface area (Å²) in [4.78, 5) is 2.28. The number of halogens is 1. The number of aromatic nitrogens is 3. The summed E-state index contributed by atoms with van der Waals surface area (Å²) < 4.78 is 14.6. The number of hydrogen-bond acceptors (Lipinski definition) is 3. The highest BCUT2D eigenvalue weighted by Crippen LogP contribution is 2.18. The second-order valence-corrected chi connectivity index (χ2v) is 4.62. The van der Waals surface area contributed by atoms with Gasteiger partial charge in [0.15, 0.2) is 0 Å². The van der Waals surface area contributed by atoms with Gasteiger partial charge < -0.3 is 4.57 Å². The smallest absolute Gasteiger partial charge is 0.146 e. The van der Waals surface area contributed by atoms with Crippen molar-refractivity contribution in [1.29, 1.82) is 0 Å². The molecule has 1 atom stereocenters. The van der Waals surface area contributed by atoms with Crippen molar-refractivity contribution in [2.45, 2.75) is 26.3 Å². The Kier molecular flexibility index (Phi) is 3.53. The van der Waals surface area contributed by atoms with Gasteiger partial charge in [-0.05, 0) is 26.3 Å². The van der Waals surface area contributed by atoms with Crippen molar-refractivity contribution in [2.75, 3.05) is 19.8 Å². The maximum atomic E-state index is 12.6. The molecule has 90 valence electrons. The van der Waals surface area contributed by atoms with Crippen LogP contribution in [0.3, 0.4) is 0 Å². The van der Waals surface area contributed by atoms with E-state index in [4.69, 9.17) is 0 Å². The summed E-state index contributed by atoms with van der Waals surface area (Å²) in [5.74, 6) is 2.11. The lowest BCUT2D eigenvalue weighted by Crippen LogP contribution is -2.36. The monoisotopic (exact) mass is 226 g/mol. The third kappa shape index (κ3) is 2.40. The second-order valence-electron chi connectivity index (χ2n) is 4.62. The number of likely N-dealkylation sites (tertiary alicyclic amines) is 1. The molecule has 0 aromatic carbocycles. The number of aryl methyl sites for hydroxylation is 1. The van der Waals surface area contributed by atoms with Crippen molar-refractivity contribution in [3.8, 4) is 0 Å². The second kappa shape index (κ2) is 4.91. The van der Waals surface area contributed by atoms with E-state index in [-0.39, 0.29) is 12.6 Å². The molecule has 1 aromatic heterocycles. The highest BCUT2D eigenvalue weighted by atomic mass is 19.1. The van der Waals surface area contributed by atoms with Crippen molar-refractivity contribution < 1.29 is 4.39 Å². The quantitative estimate of drug-likeness (QED) is 0.779. The lowest BCUT2D eigenvalue weighted by Gasteiger charge is -2.30. The highest BCUT2D eigenvalue weighted by molar-refractivity contribution is 4.93. The van der Waals surface area contributed by atoms with E-state index >= 15 is 0 Å². The Morgan fingerprint density at radius 3 is 2.88 bits per heavy atom. The molecule has 1 saturated heterocycles. The molecule has 0 radical (unpaired) electrons. The first-order chi connectivity index (χ1) is 7.70. The van der Waals surface area contributed by atoms with Crippen LogP contribution in [-0.2, 0) is 13.6 Å². The average molecular weight is 226 g/mol. The van der Waals surface area contributed by atoms with Crippen molar-refractivity contribution in [1.82, 2.24) is 19.7 Å². The number of nitrogens with zero attached hydrogens (tertiary/aromatic N) is 4. The van der Waals surface area contributed by atoms with E-state index in [2.05, 4.69) is 15.1 Å². The van der Waals surface area contributed by atoms with Crippen LogP contribution in [0.4, 0.5) is 4.39 Å². The van der Waals surface area contributed by atoms with Gasteiger partial charge in [-0.2, -0.15) is 0 Å². The molecular weight excluding hydrogens is 207 g/mol. The van der Waals surface area contributed by atoms with Gasteiger partial charge in [0.2, 0.25) is 0 Å². The number of hydrogen-bond donors (Lipinski definition) is 0. The predicted molar refractivity (Wildman–Crippen MR) is 59.7 cm³/mol. The molecular formula is C11H19FN4. The van der Waals surface area contributed by atoms with Crippen LogP contribution in [-0.4, -0.2) is 39.4 Å². The van der Waals surface area contributed by atoms with Crippen LogP contribution < -0.4 is 0 Å². The molecule has 0 bridgehead atoms. The molecule has 1 unspecified atom stereocenters. The topological polar surface area (TPSA) is 34.0 Å². The molecule has 0 N–H and O–H groups in total. The standard InChI is InChI=1S/C11H19FN4/c1-9-13-14-11(15(9)2)8-16-5-3-4-10(6-12)7-16/h10H,3-8H2,1-2H3. The lowest BCUT2D eigenvalue weighted by molar-refractivity contribution is 0.143. The third-order valence-corrected chi connectivity index (χ3v) is 3.37. The molecule has 1 aliphatic heterocycles. The molecule has 0 spiro atoms. The summed E-state index contributed by atoms with van der Waals surface area (Å²) >= 11 is 0. The minimum absolute atomic E-state index is 0.200. The van der Waals surface area contributed by atoms with E-state index in [0.29, 0.717) is 0 Å². The normalized spacial score (nSPS) is 22.6. The summed E-state index contributed by atoms with van der Waals surface area (Å²) in [5.41, 5.74) is 0. The molecule has 0 aliphatic carbocycles. The van der Waals surface area contributed by atoms with Gasteiger partial charge >= 0.3 is 0 Å². The van der Waals surface area contributed by atoms with Gasteiger partial charge in [-0.25, -0.2) is 0 Å². The molecule has 5 heteroatoms. The minimum atomic E-state index is -0.200. The number of alkyl halides is 1. The van der Waals surface area contributed by atoms with Gasteiger partial charge in [0, 0.05) is 19.5 Å². The molecule has 2 heterocycles. The lowest BCUT2D eigenvalue weighted by atomic mass is 10.00. The van der Waals surface area contributed by atoms with Gasteiger partial charge in [0.1, 0.15) is 11.6 Å². The summed E-state index contributed by atoms with van der Waals surface area (Å²) in [6.07, 6.45) is 2.11. The fourth-order valence-electron chi connectivity index (χ4n) is 2.21. The number of rotatable bonds is 3. The van der Waals surface area contributed by atoms with E-state index in [9.17, 15) is 4.39 Å². The van der Waals surface area contributed by atoms with E-state index < -0.39 is 0 Å². The predicted octanol–water partition coefficient (Wildman–Crippen LogP) is 1.31. The van der Waals surface area contributed by atoms with Crippen molar-refractivity contribution in [3.63, 3.8) is 0 Å². The molecule has 2 rings (SSSR count). The van der Waals surface area contributed by atoms with Crippen LogP contribution in [0.15, 0.2) is 0 Å².